The Morgan fingerprint density at radius 1 is 0.800 bits per heavy atom. The molecule has 0 saturated carbocycles. The molecule has 3 nitrogen and oxygen atoms in total. The minimum Gasteiger partial charge on any atom is -0.508 e. The summed E-state index contributed by atoms with van der Waals surface area (Å²) in [5.74, 6) is 3.96. The standard InChI is InChI=1S/C27H28O3/c1-20-5-7-21(8-6-20)19-27(4,17-18-28)26(2,3)30-25-15-11-23(12-16-25)22-9-13-24(29)14-10-22/h5-16,28-29H,19H2,1-4H3. The molecule has 1 unspecified atom stereocenters. The smallest absolute Gasteiger partial charge is 0.120 e. The highest BCUT2D eigenvalue weighted by molar-refractivity contribution is 5.64. The van der Waals surface area contributed by atoms with Crippen LogP contribution in [0, 0.1) is 24.4 Å². The normalized spacial score (nSPS) is 13.1. The number of benzene rings is 3. The predicted molar refractivity (Wildman–Crippen MR) is 121 cm³/mol. The van der Waals surface area contributed by atoms with E-state index >= 15 is 0 Å². The van der Waals surface area contributed by atoms with Crippen molar-refractivity contribution >= 4 is 0 Å². The first-order valence-corrected chi connectivity index (χ1v) is 10.0. The molecule has 154 valence electrons. The van der Waals surface area contributed by atoms with E-state index in [-0.39, 0.29) is 5.75 Å². The molecule has 0 heterocycles. The average molecular weight is 401 g/mol. The van der Waals surface area contributed by atoms with E-state index in [9.17, 15) is 10.2 Å². The molecule has 3 heteroatoms. The maximum atomic E-state index is 9.47. The first-order valence-electron chi connectivity index (χ1n) is 10.0. The van der Waals surface area contributed by atoms with Gasteiger partial charge in [-0.25, -0.2) is 0 Å². The van der Waals surface area contributed by atoms with Crippen LogP contribution < -0.4 is 4.74 Å². The fraction of sp³-hybridized carbons (Fsp3) is 0.259. The third-order valence-corrected chi connectivity index (χ3v) is 5.77. The summed E-state index contributed by atoms with van der Waals surface area (Å²) in [4.78, 5) is 0. The first kappa shape index (κ1) is 21.3. The van der Waals surface area contributed by atoms with Gasteiger partial charge in [-0.15, -0.1) is 0 Å². The van der Waals surface area contributed by atoms with Crippen molar-refractivity contribution in [1.29, 1.82) is 0 Å². The Bertz CT molecular complexity index is 1040. The molecule has 0 fully saturated rings. The molecule has 0 aliphatic heterocycles. The fourth-order valence-electron chi connectivity index (χ4n) is 3.42. The number of hydrogen-bond acceptors (Lipinski definition) is 3. The van der Waals surface area contributed by atoms with Crippen molar-refractivity contribution in [3.05, 3.63) is 83.9 Å². The molecular formula is C27H28O3. The van der Waals surface area contributed by atoms with Gasteiger partial charge in [-0.2, -0.15) is 0 Å². The summed E-state index contributed by atoms with van der Waals surface area (Å²) < 4.78 is 6.37. The third-order valence-electron chi connectivity index (χ3n) is 5.77. The molecule has 30 heavy (non-hydrogen) atoms. The molecule has 2 N–H and O–H groups in total. The lowest BCUT2D eigenvalue weighted by Crippen LogP contribution is -2.47. The zero-order chi connectivity index (χ0) is 21.8. The molecule has 0 aliphatic carbocycles. The largest absolute Gasteiger partial charge is 0.508 e. The van der Waals surface area contributed by atoms with Crippen LogP contribution in [0.25, 0.3) is 11.1 Å². The highest BCUT2D eigenvalue weighted by Crippen LogP contribution is 2.38. The zero-order valence-corrected chi connectivity index (χ0v) is 17.9. The van der Waals surface area contributed by atoms with Crippen molar-refractivity contribution in [2.45, 2.75) is 39.7 Å². The Hall–Kier alpha value is -3.38. The number of phenolic OH excluding ortho intramolecular Hbond substituents is 1. The molecule has 0 radical (unpaired) electrons. The number of rotatable bonds is 6. The maximum Gasteiger partial charge on any atom is 0.120 e. The number of aliphatic hydroxyl groups is 1. The molecular weight excluding hydrogens is 372 g/mol. The molecule has 0 amide bonds. The van der Waals surface area contributed by atoms with Crippen LogP contribution in [0.2, 0.25) is 0 Å². The number of aliphatic hydroxyl groups excluding tert-OH is 1. The Balaban J connectivity index is 1.82. The summed E-state index contributed by atoms with van der Waals surface area (Å²) in [5, 5.41) is 18.9. The van der Waals surface area contributed by atoms with Crippen molar-refractivity contribution in [3.63, 3.8) is 0 Å². The van der Waals surface area contributed by atoms with Gasteiger partial charge in [0, 0.05) is 0 Å². The van der Waals surface area contributed by atoms with Gasteiger partial charge >= 0.3 is 0 Å². The molecule has 0 saturated heterocycles. The van der Waals surface area contributed by atoms with Crippen molar-refractivity contribution in [2.24, 2.45) is 5.41 Å². The number of ether oxygens (including phenoxy) is 1. The lowest BCUT2D eigenvalue weighted by Gasteiger charge is -2.40. The second-order valence-electron chi connectivity index (χ2n) is 8.41. The summed E-state index contributed by atoms with van der Waals surface area (Å²) in [5.41, 5.74) is 3.15. The van der Waals surface area contributed by atoms with Crippen LogP contribution >= 0.6 is 0 Å². The number of phenols is 1. The number of aryl methyl sites for hydroxylation is 1. The van der Waals surface area contributed by atoms with Crippen LogP contribution in [0.15, 0.2) is 72.8 Å². The SMILES string of the molecule is Cc1ccc(CC(C)(C#CO)C(C)(C)Oc2ccc(-c3ccc(O)cc3)cc2)cc1. The topological polar surface area (TPSA) is 49.7 Å². The summed E-state index contributed by atoms with van der Waals surface area (Å²) in [7, 11) is 0. The zero-order valence-electron chi connectivity index (χ0n) is 17.9. The van der Waals surface area contributed by atoms with E-state index in [0.29, 0.717) is 6.42 Å². The van der Waals surface area contributed by atoms with Gasteiger partial charge in [-0.05, 0) is 81.0 Å². The predicted octanol–water partition coefficient (Wildman–Crippen LogP) is 6.11. The van der Waals surface area contributed by atoms with Crippen LogP contribution in [0.4, 0.5) is 0 Å². The molecule has 3 aromatic rings. The van der Waals surface area contributed by atoms with Gasteiger partial charge < -0.3 is 14.9 Å². The van der Waals surface area contributed by atoms with Gasteiger partial charge in [0.25, 0.3) is 0 Å². The minimum absolute atomic E-state index is 0.248. The monoisotopic (exact) mass is 400 g/mol. The van der Waals surface area contributed by atoms with Crippen LogP contribution in [0.1, 0.15) is 31.9 Å². The summed E-state index contributed by atoms with van der Waals surface area (Å²) >= 11 is 0. The van der Waals surface area contributed by atoms with Crippen LogP contribution in [0.3, 0.4) is 0 Å². The molecule has 0 spiro atoms. The van der Waals surface area contributed by atoms with E-state index in [1.54, 1.807) is 12.1 Å². The average Bonchev–Trinajstić information content (AvgIpc) is 2.71. The Morgan fingerprint density at radius 3 is 1.87 bits per heavy atom. The molecule has 3 rings (SSSR count). The highest BCUT2D eigenvalue weighted by atomic mass is 16.5. The van der Waals surface area contributed by atoms with Crippen molar-refractivity contribution in [2.75, 3.05) is 0 Å². The first-order chi connectivity index (χ1) is 14.2. The van der Waals surface area contributed by atoms with Crippen molar-refractivity contribution < 1.29 is 14.9 Å². The number of hydrogen-bond donors (Lipinski definition) is 2. The van der Waals surface area contributed by atoms with Gasteiger partial charge in [0.15, 0.2) is 0 Å². The lowest BCUT2D eigenvalue weighted by atomic mass is 9.71. The maximum absolute atomic E-state index is 9.47. The van der Waals surface area contributed by atoms with Crippen LogP contribution in [-0.4, -0.2) is 15.8 Å². The summed E-state index contributed by atoms with van der Waals surface area (Å²) in [6.07, 6.45) is 2.77. The molecule has 0 bridgehead atoms. The Morgan fingerprint density at radius 2 is 1.33 bits per heavy atom. The number of aromatic hydroxyl groups is 1. The van der Waals surface area contributed by atoms with E-state index in [4.69, 9.17) is 4.74 Å². The van der Waals surface area contributed by atoms with E-state index in [1.165, 1.54) is 5.56 Å². The fourth-order valence-corrected chi connectivity index (χ4v) is 3.42. The van der Waals surface area contributed by atoms with Gasteiger partial charge in [0.1, 0.15) is 23.2 Å². The molecule has 0 aromatic heterocycles. The second kappa shape index (κ2) is 8.55. The quantitative estimate of drug-likeness (QED) is 0.491. The summed E-state index contributed by atoms with van der Waals surface area (Å²) in [6.45, 7) is 8.07. The third kappa shape index (κ3) is 4.78. The Kier molecular flexibility index (Phi) is 6.08. The van der Waals surface area contributed by atoms with E-state index in [0.717, 1.165) is 22.4 Å². The van der Waals surface area contributed by atoms with Crippen LogP contribution in [-0.2, 0) is 6.42 Å². The summed E-state index contributed by atoms with van der Waals surface area (Å²) in [6, 6.07) is 23.3. The highest BCUT2D eigenvalue weighted by Gasteiger charge is 2.42. The van der Waals surface area contributed by atoms with Crippen LogP contribution in [0.5, 0.6) is 11.5 Å². The van der Waals surface area contributed by atoms with Crippen molar-refractivity contribution in [3.8, 4) is 34.7 Å². The van der Waals surface area contributed by atoms with Gasteiger partial charge in [0.05, 0.1) is 5.41 Å². The second-order valence-corrected chi connectivity index (χ2v) is 8.41. The molecule has 3 aromatic carbocycles. The van der Waals surface area contributed by atoms with Crippen molar-refractivity contribution in [1.82, 2.24) is 0 Å². The molecule has 1 atom stereocenters. The molecule has 0 aliphatic rings. The van der Waals surface area contributed by atoms with Gasteiger partial charge in [-0.1, -0.05) is 54.1 Å². The van der Waals surface area contributed by atoms with E-state index in [2.05, 4.69) is 43.2 Å². The van der Waals surface area contributed by atoms with E-state index in [1.807, 2.05) is 57.2 Å². The van der Waals surface area contributed by atoms with E-state index < -0.39 is 11.0 Å². The van der Waals surface area contributed by atoms with Gasteiger partial charge in [0.2, 0.25) is 0 Å². The lowest BCUT2D eigenvalue weighted by molar-refractivity contribution is 0.0131. The van der Waals surface area contributed by atoms with Gasteiger partial charge in [-0.3, -0.25) is 0 Å². The minimum atomic E-state index is -0.659. The Labute approximate surface area is 179 Å².